The molecule has 0 aromatic heterocycles. The fourth-order valence-electron chi connectivity index (χ4n) is 1.07. The smallest absolute Gasteiger partial charge is 0.245 e. The van der Waals surface area contributed by atoms with Crippen molar-refractivity contribution >= 4 is 24.4 Å². The molecule has 0 aliphatic rings. The van der Waals surface area contributed by atoms with Crippen LogP contribution in [-0.2, 0) is 13.7 Å². The maximum atomic E-state index is 11.1. The molecule has 102 valence electrons. The van der Waals surface area contributed by atoms with E-state index < -0.39 is 8.32 Å². The van der Waals surface area contributed by atoms with Crippen LogP contribution in [0.15, 0.2) is 13.2 Å². The van der Waals surface area contributed by atoms with Gasteiger partial charge in [-0.2, -0.15) is 0 Å². The fraction of sp³-hybridized carbons (Fsp3) is 0.727. The van der Waals surface area contributed by atoms with Gasteiger partial charge in [0.1, 0.15) is 0 Å². The van der Waals surface area contributed by atoms with Crippen molar-refractivity contribution in [3.05, 3.63) is 13.2 Å². The lowest BCUT2D eigenvalue weighted by Crippen LogP contribution is -2.49. The van der Waals surface area contributed by atoms with E-state index in [1.165, 1.54) is 0 Å². The molecule has 0 spiro atoms. The predicted molar refractivity (Wildman–Crippen MR) is 77.5 cm³/mol. The zero-order valence-electron chi connectivity index (χ0n) is 12.1. The third-order valence-electron chi connectivity index (χ3n) is 2.78. The van der Waals surface area contributed by atoms with E-state index in [9.17, 15) is 4.79 Å². The number of carbonyl (C=O) groups excluding carboxylic acids is 1. The lowest BCUT2D eigenvalue weighted by atomic mass is 10.6. The summed E-state index contributed by atoms with van der Waals surface area (Å²) in [6.07, 6.45) is 0.774. The molecule has 6 heteroatoms. The van der Waals surface area contributed by atoms with Gasteiger partial charge in [-0.1, -0.05) is 13.8 Å². The Balaban J connectivity index is -0.000000439. The van der Waals surface area contributed by atoms with Crippen molar-refractivity contribution in [2.75, 3.05) is 20.3 Å². The van der Waals surface area contributed by atoms with E-state index in [-0.39, 0.29) is 5.91 Å². The standard InChI is InChI=1S/C9H21NO2Si.C2H4.H2OSi/c1-8(2)13(6,12-5)7-10(4)9(3)11;2*1-2/h8H,7H2,1-6H3;1-2H2;2H2. The number of nitrogens with zero attached hydrogens (tertiary/aromatic N) is 1. The minimum absolute atomic E-state index is 0.108. The van der Waals surface area contributed by atoms with Crippen LogP contribution >= 0.6 is 0 Å². The van der Waals surface area contributed by atoms with Gasteiger partial charge in [0, 0.05) is 27.2 Å². The first-order valence-electron chi connectivity index (χ1n) is 5.39. The Morgan fingerprint density at radius 2 is 1.76 bits per heavy atom. The normalized spacial score (nSPS) is 12.4. The Morgan fingerprint density at radius 3 is 1.94 bits per heavy atom. The first-order chi connectivity index (χ1) is 7.83. The van der Waals surface area contributed by atoms with E-state index in [4.69, 9.17) is 8.89 Å². The molecule has 0 bridgehead atoms. The van der Waals surface area contributed by atoms with Crippen LogP contribution in [0.1, 0.15) is 20.8 Å². The molecule has 1 amide bonds. The highest BCUT2D eigenvalue weighted by Gasteiger charge is 2.33. The van der Waals surface area contributed by atoms with Gasteiger partial charge in [0.15, 0.2) is 0 Å². The molecular formula is C11H27NO3Si2. The van der Waals surface area contributed by atoms with E-state index in [1.54, 1.807) is 18.9 Å². The molecule has 0 aromatic carbocycles. The number of hydrogen-bond acceptors (Lipinski definition) is 3. The quantitative estimate of drug-likeness (QED) is 0.576. The van der Waals surface area contributed by atoms with Crippen LogP contribution in [0.3, 0.4) is 0 Å². The topological polar surface area (TPSA) is 46.6 Å². The minimum Gasteiger partial charge on any atom is -0.418 e. The summed E-state index contributed by atoms with van der Waals surface area (Å²) in [6.45, 7) is 14.1. The van der Waals surface area contributed by atoms with Crippen LogP contribution < -0.4 is 0 Å². The Labute approximate surface area is 110 Å². The number of amides is 1. The highest BCUT2D eigenvalue weighted by atomic mass is 28.4. The largest absolute Gasteiger partial charge is 0.418 e. The highest BCUT2D eigenvalue weighted by molar-refractivity contribution is 6.74. The Hall–Kier alpha value is -0.596. The molecule has 0 N–H and O–H groups in total. The summed E-state index contributed by atoms with van der Waals surface area (Å²) in [5, 5.41) is 0. The second kappa shape index (κ2) is 11.9. The zero-order valence-corrected chi connectivity index (χ0v) is 14.5. The van der Waals surface area contributed by atoms with Crippen LogP contribution in [0.4, 0.5) is 0 Å². The van der Waals surface area contributed by atoms with Gasteiger partial charge < -0.3 is 13.8 Å². The third kappa shape index (κ3) is 9.14. The van der Waals surface area contributed by atoms with Gasteiger partial charge >= 0.3 is 0 Å². The summed E-state index contributed by atoms with van der Waals surface area (Å²) in [5.41, 5.74) is 0.527. The van der Waals surface area contributed by atoms with E-state index in [1.807, 2.05) is 7.05 Å². The predicted octanol–water partition coefficient (Wildman–Crippen LogP) is 1.40. The molecule has 0 fully saturated rings. The van der Waals surface area contributed by atoms with Gasteiger partial charge in [0.05, 0.1) is 0 Å². The Bertz CT molecular complexity index is 213. The molecule has 0 radical (unpaired) electrons. The van der Waals surface area contributed by atoms with Crippen LogP contribution in [0.25, 0.3) is 0 Å². The van der Waals surface area contributed by atoms with Gasteiger partial charge in [-0.3, -0.25) is 4.79 Å². The second-order valence-corrected chi connectivity index (χ2v) is 8.55. The molecule has 0 heterocycles. The van der Waals surface area contributed by atoms with Gasteiger partial charge in [-0.25, -0.2) is 0 Å². The molecular weight excluding hydrogens is 250 g/mol. The maximum absolute atomic E-state index is 11.1. The van der Waals surface area contributed by atoms with Crippen molar-refractivity contribution in [2.24, 2.45) is 0 Å². The molecule has 0 rings (SSSR count). The third-order valence-corrected chi connectivity index (χ3v) is 7.25. The first kappa shape index (κ1) is 21.7. The van der Waals surface area contributed by atoms with Crippen molar-refractivity contribution < 1.29 is 13.7 Å². The number of rotatable bonds is 4. The fourth-order valence-corrected chi connectivity index (χ4v) is 3.20. The Morgan fingerprint density at radius 1 is 1.41 bits per heavy atom. The van der Waals surface area contributed by atoms with Crippen LogP contribution in [0.2, 0.25) is 12.1 Å². The summed E-state index contributed by atoms with van der Waals surface area (Å²) >= 11 is 0. The highest BCUT2D eigenvalue weighted by Crippen LogP contribution is 2.21. The van der Waals surface area contributed by atoms with E-state index in [0.717, 1.165) is 6.17 Å². The van der Waals surface area contributed by atoms with Crippen molar-refractivity contribution in [1.29, 1.82) is 0 Å². The van der Waals surface area contributed by atoms with Gasteiger partial charge in [0.2, 0.25) is 24.4 Å². The van der Waals surface area contributed by atoms with E-state index in [0.29, 0.717) is 15.7 Å². The molecule has 0 saturated heterocycles. The van der Waals surface area contributed by atoms with E-state index in [2.05, 4.69) is 33.6 Å². The summed E-state index contributed by atoms with van der Waals surface area (Å²) in [6, 6.07) is 0. The average molecular weight is 278 g/mol. The molecule has 0 saturated carbocycles. The zero-order chi connectivity index (χ0) is 14.6. The summed E-state index contributed by atoms with van der Waals surface area (Å²) in [5.74, 6) is 0.108. The molecule has 4 nitrogen and oxygen atoms in total. The minimum atomic E-state index is -1.72. The molecule has 0 aliphatic heterocycles. The molecule has 17 heavy (non-hydrogen) atoms. The summed E-state index contributed by atoms with van der Waals surface area (Å²) in [4.78, 5) is 12.8. The molecule has 0 aromatic rings. The molecule has 0 aliphatic carbocycles. The Kier molecular flexibility index (Phi) is 15.1. The van der Waals surface area contributed by atoms with Crippen molar-refractivity contribution in [3.63, 3.8) is 0 Å². The van der Waals surface area contributed by atoms with Crippen molar-refractivity contribution in [1.82, 2.24) is 4.90 Å². The second-order valence-electron chi connectivity index (χ2n) is 4.05. The van der Waals surface area contributed by atoms with Gasteiger partial charge in [-0.15, -0.1) is 13.2 Å². The number of carbonyl (C=O) groups is 1. The average Bonchev–Trinajstić information content (AvgIpc) is 2.33. The molecule has 1 atom stereocenters. The maximum Gasteiger partial charge on any atom is 0.245 e. The lowest BCUT2D eigenvalue weighted by Gasteiger charge is -2.33. The van der Waals surface area contributed by atoms with Gasteiger partial charge in [0.25, 0.3) is 0 Å². The number of hydrogen-bond donors (Lipinski definition) is 0. The molecule has 1 unspecified atom stereocenters. The van der Waals surface area contributed by atoms with E-state index >= 15 is 0 Å². The first-order valence-corrected chi connectivity index (χ1v) is 8.66. The summed E-state index contributed by atoms with van der Waals surface area (Å²) in [7, 11) is 2.47. The van der Waals surface area contributed by atoms with Gasteiger partial charge in [-0.05, 0) is 12.1 Å². The lowest BCUT2D eigenvalue weighted by molar-refractivity contribution is -0.126. The van der Waals surface area contributed by atoms with Crippen molar-refractivity contribution in [3.8, 4) is 0 Å². The van der Waals surface area contributed by atoms with Crippen LogP contribution in [-0.4, -0.2) is 49.6 Å². The monoisotopic (exact) mass is 277 g/mol. The van der Waals surface area contributed by atoms with Crippen LogP contribution in [0.5, 0.6) is 0 Å². The SMILES string of the molecule is C=C.CO[Si](C)(CN(C)C(C)=O)C(C)C.O=[SiH2]. The van der Waals surface area contributed by atoms with Crippen molar-refractivity contribution in [2.45, 2.75) is 32.9 Å². The summed E-state index contributed by atoms with van der Waals surface area (Å²) < 4.78 is 13.8. The van der Waals surface area contributed by atoms with Crippen LogP contribution in [0, 0.1) is 0 Å².